The summed E-state index contributed by atoms with van der Waals surface area (Å²) in [6, 6.07) is 8.64. The number of aliphatic carboxylic acids is 1. The molecule has 0 radical (unpaired) electrons. The maximum absolute atomic E-state index is 10.9. The molecule has 1 aromatic carbocycles. The van der Waals surface area contributed by atoms with Gasteiger partial charge in [-0.2, -0.15) is 5.26 Å². The van der Waals surface area contributed by atoms with E-state index in [0.29, 0.717) is 11.3 Å². The zero-order valence-corrected chi connectivity index (χ0v) is 8.96. The molecule has 2 N–H and O–H groups in total. The fraction of sp³-hybridized carbons (Fsp3) is 0.333. The number of para-hydroxylation sites is 1. The van der Waals surface area contributed by atoms with Gasteiger partial charge in [0.15, 0.2) is 6.10 Å². The second-order valence-corrected chi connectivity index (χ2v) is 3.92. The molecule has 0 bridgehead atoms. The van der Waals surface area contributed by atoms with Gasteiger partial charge in [0.05, 0.1) is 12.7 Å². The summed E-state index contributed by atoms with van der Waals surface area (Å²) in [5.74, 6) is -0.941. The number of carbonyl (C=O) groups is 1. The summed E-state index contributed by atoms with van der Waals surface area (Å²) in [5, 5.41) is 28.0. The smallest absolute Gasteiger partial charge is 0.334 e. The predicted molar refractivity (Wildman–Crippen MR) is 57.5 cm³/mol. The molecule has 2 rings (SSSR count). The predicted octanol–water partition coefficient (Wildman–Crippen LogP) is 0.676. The molecule has 5 heteroatoms. The van der Waals surface area contributed by atoms with E-state index in [9.17, 15) is 15.2 Å². The molecule has 88 valence electrons. The van der Waals surface area contributed by atoms with Crippen LogP contribution in [0.4, 0.5) is 0 Å². The Bertz CT molecular complexity index is 494. The largest absolute Gasteiger partial charge is 0.493 e. The fourth-order valence-electron chi connectivity index (χ4n) is 2.09. The number of ether oxygens (including phenoxy) is 1. The maximum atomic E-state index is 10.9. The quantitative estimate of drug-likeness (QED) is 0.783. The number of nitrogens with zero attached hydrogens (tertiary/aromatic N) is 1. The first-order valence-corrected chi connectivity index (χ1v) is 5.16. The summed E-state index contributed by atoms with van der Waals surface area (Å²) in [5.41, 5.74) is -0.996. The van der Waals surface area contributed by atoms with Crippen LogP contribution < -0.4 is 4.74 Å². The van der Waals surface area contributed by atoms with Crippen molar-refractivity contribution in [3.8, 4) is 11.8 Å². The molecule has 0 saturated carbocycles. The summed E-state index contributed by atoms with van der Waals surface area (Å²) in [6.07, 6.45) is -1.59. The average molecular weight is 233 g/mol. The number of fused-ring (bicyclic) bond motifs is 1. The minimum Gasteiger partial charge on any atom is -0.493 e. The number of hydrogen-bond acceptors (Lipinski definition) is 4. The molecule has 0 amide bonds. The van der Waals surface area contributed by atoms with Gasteiger partial charge in [-0.15, -0.1) is 0 Å². The van der Waals surface area contributed by atoms with Crippen LogP contribution in [0.1, 0.15) is 12.0 Å². The van der Waals surface area contributed by atoms with E-state index in [1.54, 1.807) is 24.3 Å². The van der Waals surface area contributed by atoms with Crippen molar-refractivity contribution in [3.63, 3.8) is 0 Å². The van der Waals surface area contributed by atoms with Crippen LogP contribution in [-0.2, 0) is 10.2 Å². The number of benzene rings is 1. The standard InChI is InChI=1S/C12H11NO4/c13-7-12(10(14)11(15)16)5-6-17-9-4-2-1-3-8(9)12/h1-4,10,14H,5-6H2,(H,15,16). The molecule has 1 aliphatic heterocycles. The Morgan fingerprint density at radius 2 is 2.24 bits per heavy atom. The Balaban J connectivity index is 2.58. The highest BCUT2D eigenvalue weighted by atomic mass is 16.5. The van der Waals surface area contributed by atoms with Crippen molar-refractivity contribution in [1.82, 2.24) is 0 Å². The molecular weight excluding hydrogens is 222 g/mol. The third kappa shape index (κ3) is 1.63. The minimum absolute atomic E-state index is 0.161. The first-order chi connectivity index (χ1) is 8.12. The van der Waals surface area contributed by atoms with Gasteiger partial charge in [0.2, 0.25) is 0 Å². The van der Waals surface area contributed by atoms with Gasteiger partial charge < -0.3 is 14.9 Å². The highest BCUT2D eigenvalue weighted by Gasteiger charge is 2.47. The summed E-state index contributed by atoms with van der Waals surface area (Å²) in [7, 11) is 0. The number of nitriles is 1. The molecule has 2 unspecified atom stereocenters. The zero-order chi connectivity index (χ0) is 12.5. The van der Waals surface area contributed by atoms with Gasteiger partial charge >= 0.3 is 5.97 Å². The second kappa shape index (κ2) is 4.07. The first kappa shape index (κ1) is 11.4. The van der Waals surface area contributed by atoms with Crippen molar-refractivity contribution in [3.05, 3.63) is 29.8 Å². The van der Waals surface area contributed by atoms with E-state index in [0.717, 1.165) is 0 Å². The fourth-order valence-corrected chi connectivity index (χ4v) is 2.09. The van der Waals surface area contributed by atoms with Crippen LogP contribution in [0, 0.1) is 11.3 Å². The molecule has 1 heterocycles. The molecule has 1 aliphatic rings. The van der Waals surface area contributed by atoms with Crippen molar-refractivity contribution in [2.45, 2.75) is 17.9 Å². The number of carboxylic acids is 1. The molecule has 0 saturated heterocycles. The normalized spacial score (nSPS) is 24.0. The van der Waals surface area contributed by atoms with Crippen molar-refractivity contribution in [2.24, 2.45) is 0 Å². The molecule has 17 heavy (non-hydrogen) atoms. The van der Waals surface area contributed by atoms with E-state index in [2.05, 4.69) is 0 Å². The number of hydrogen-bond donors (Lipinski definition) is 2. The molecule has 1 aromatic rings. The molecule has 2 atom stereocenters. The Kier molecular flexibility index (Phi) is 2.74. The highest BCUT2D eigenvalue weighted by molar-refractivity contribution is 5.76. The van der Waals surface area contributed by atoms with Crippen LogP contribution >= 0.6 is 0 Å². The maximum Gasteiger partial charge on any atom is 0.334 e. The van der Waals surface area contributed by atoms with Gasteiger partial charge in [-0.05, 0) is 6.07 Å². The lowest BCUT2D eigenvalue weighted by molar-refractivity contribution is -0.150. The SMILES string of the molecule is N#CC1(C(O)C(=O)O)CCOc2ccccc21. The molecular formula is C12H11NO4. The zero-order valence-electron chi connectivity index (χ0n) is 8.96. The van der Waals surface area contributed by atoms with E-state index in [4.69, 9.17) is 9.84 Å². The monoisotopic (exact) mass is 233 g/mol. The van der Waals surface area contributed by atoms with Crippen LogP contribution in [0.5, 0.6) is 5.75 Å². The van der Waals surface area contributed by atoms with Crippen molar-refractivity contribution < 1.29 is 19.7 Å². The molecule has 0 aliphatic carbocycles. The van der Waals surface area contributed by atoms with E-state index in [1.807, 2.05) is 6.07 Å². The minimum atomic E-state index is -1.75. The van der Waals surface area contributed by atoms with Crippen molar-refractivity contribution >= 4 is 5.97 Å². The van der Waals surface area contributed by atoms with Crippen molar-refractivity contribution in [2.75, 3.05) is 6.61 Å². The number of aliphatic hydroxyl groups is 1. The van der Waals surface area contributed by atoms with Crippen LogP contribution in [0.2, 0.25) is 0 Å². The lowest BCUT2D eigenvalue weighted by Gasteiger charge is -2.34. The van der Waals surface area contributed by atoms with E-state index < -0.39 is 17.5 Å². The lowest BCUT2D eigenvalue weighted by Crippen LogP contribution is -2.46. The van der Waals surface area contributed by atoms with Crippen LogP contribution in [-0.4, -0.2) is 28.9 Å². The van der Waals surface area contributed by atoms with E-state index in [1.165, 1.54) is 0 Å². The van der Waals surface area contributed by atoms with Gasteiger partial charge in [-0.3, -0.25) is 0 Å². The summed E-state index contributed by atoms with van der Waals surface area (Å²) in [6.45, 7) is 0.217. The molecule has 0 aromatic heterocycles. The van der Waals surface area contributed by atoms with Gasteiger partial charge in [0.1, 0.15) is 11.2 Å². The van der Waals surface area contributed by atoms with Gasteiger partial charge in [0.25, 0.3) is 0 Å². The van der Waals surface area contributed by atoms with Crippen LogP contribution in [0.15, 0.2) is 24.3 Å². The Labute approximate surface area is 97.9 Å². The van der Waals surface area contributed by atoms with Crippen LogP contribution in [0.3, 0.4) is 0 Å². The first-order valence-electron chi connectivity index (χ1n) is 5.16. The topological polar surface area (TPSA) is 90.5 Å². The summed E-state index contributed by atoms with van der Waals surface area (Å²) >= 11 is 0. The van der Waals surface area contributed by atoms with E-state index in [-0.39, 0.29) is 13.0 Å². The number of aliphatic hydroxyl groups excluding tert-OH is 1. The Morgan fingerprint density at radius 3 is 2.88 bits per heavy atom. The van der Waals surface area contributed by atoms with Crippen LogP contribution in [0.25, 0.3) is 0 Å². The van der Waals surface area contributed by atoms with Gasteiger partial charge in [-0.1, -0.05) is 18.2 Å². The van der Waals surface area contributed by atoms with Gasteiger partial charge in [-0.25, -0.2) is 4.79 Å². The lowest BCUT2D eigenvalue weighted by atomic mass is 9.73. The van der Waals surface area contributed by atoms with E-state index >= 15 is 0 Å². The summed E-state index contributed by atoms with van der Waals surface area (Å²) < 4.78 is 5.36. The second-order valence-electron chi connectivity index (χ2n) is 3.92. The third-order valence-electron chi connectivity index (χ3n) is 3.02. The molecule has 0 spiro atoms. The average Bonchev–Trinajstić information content (AvgIpc) is 2.37. The molecule has 0 fully saturated rings. The highest BCUT2D eigenvalue weighted by Crippen LogP contribution is 2.40. The third-order valence-corrected chi connectivity index (χ3v) is 3.02. The Morgan fingerprint density at radius 1 is 1.53 bits per heavy atom. The van der Waals surface area contributed by atoms with Gasteiger partial charge in [0, 0.05) is 12.0 Å². The summed E-state index contributed by atoms with van der Waals surface area (Å²) in [4.78, 5) is 10.9. The molecule has 5 nitrogen and oxygen atoms in total. The number of carboxylic acid groups (broad SMARTS) is 1. The Hall–Kier alpha value is -2.06. The van der Waals surface area contributed by atoms with Crippen molar-refractivity contribution in [1.29, 1.82) is 5.26 Å². The number of rotatable bonds is 2.